The van der Waals surface area contributed by atoms with Gasteiger partial charge in [0.25, 0.3) is 0 Å². The summed E-state index contributed by atoms with van der Waals surface area (Å²) in [5.74, 6) is -1.27. The summed E-state index contributed by atoms with van der Waals surface area (Å²) in [7, 11) is -4.26. The van der Waals surface area contributed by atoms with Crippen molar-refractivity contribution in [1.29, 1.82) is 0 Å². The van der Waals surface area contributed by atoms with Crippen LogP contribution in [0.15, 0.2) is 42.5 Å². The second-order valence-corrected chi connectivity index (χ2v) is 11.2. The Labute approximate surface area is 224 Å². The fraction of sp³-hybridized carbons (Fsp3) is 0.417. The molecule has 0 aliphatic carbocycles. The van der Waals surface area contributed by atoms with E-state index in [0.29, 0.717) is 33.6 Å². The Morgan fingerprint density at radius 2 is 1.70 bits per heavy atom. The van der Waals surface area contributed by atoms with Crippen molar-refractivity contribution in [2.24, 2.45) is 0 Å². The average molecular weight is 582 g/mol. The molecule has 2 aromatic carbocycles. The van der Waals surface area contributed by atoms with Gasteiger partial charge in [-0.15, -0.1) is 0 Å². The standard InChI is InChI=1S/C24H28Cl2F3N3O4S/c1-4-5-12-30-23(34)16(2)31(14-17-6-9-19(25)10-7-17)22(33)15-32(37(3,35)36)21-13-18(24(27,28)29)8-11-20(21)26/h6-11,13,16H,4-5,12,14-15H2,1-3H3,(H,30,34). The number of rotatable bonds is 11. The van der Waals surface area contributed by atoms with Gasteiger partial charge in [0.15, 0.2) is 0 Å². The van der Waals surface area contributed by atoms with Crippen molar-refractivity contribution in [1.82, 2.24) is 10.2 Å². The van der Waals surface area contributed by atoms with Gasteiger partial charge in [0.05, 0.1) is 22.5 Å². The molecule has 1 N–H and O–H groups in total. The summed E-state index contributed by atoms with van der Waals surface area (Å²) in [6.07, 6.45) is -2.46. The van der Waals surface area contributed by atoms with Crippen molar-refractivity contribution < 1.29 is 31.2 Å². The third kappa shape index (κ3) is 8.79. The zero-order valence-corrected chi connectivity index (χ0v) is 22.8. The first-order valence-corrected chi connectivity index (χ1v) is 13.9. The molecule has 0 saturated heterocycles. The molecule has 0 aromatic heterocycles. The number of carbonyl (C=O) groups is 2. The van der Waals surface area contributed by atoms with E-state index < -0.39 is 51.9 Å². The van der Waals surface area contributed by atoms with E-state index in [0.717, 1.165) is 30.1 Å². The maximum absolute atomic E-state index is 13.5. The molecule has 0 aliphatic heterocycles. The summed E-state index contributed by atoms with van der Waals surface area (Å²) >= 11 is 12.0. The minimum Gasteiger partial charge on any atom is -0.354 e. The summed E-state index contributed by atoms with van der Waals surface area (Å²) in [4.78, 5) is 27.4. The molecule has 0 saturated carbocycles. The van der Waals surface area contributed by atoms with Crippen LogP contribution in [0.3, 0.4) is 0 Å². The number of alkyl halides is 3. The Morgan fingerprint density at radius 1 is 1.08 bits per heavy atom. The number of unbranched alkanes of at least 4 members (excludes halogenated alkanes) is 1. The first-order valence-electron chi connectivity index (χ1n) is 11.3. The van der Waals surface area contributed by atoms with Gasteiger partial charge in [0, 0.05) is 18.1 Å². The third-order valence-electron chi connectivity index (χ3n) is 5.48. The van der Waals surface area contributed by atoms with Crippen LogP contribution in [-0.4, -0.2) is 50.5 Å². The first kappa shape index (κ1) is 30.7. The molecule has 204 valence electrons. The van der Waals surface area contributed by atoms with Crippen LogP contribution in [0.25, 0.3) is 0 Å². The predicted molar refractivity (Wildman–Crippen MR) is 138 cm³/mol. The minimum atomic E-state index is -4.77. The Morgan fingerprint density at radius 3 is 2.24 bits per heavy atom. The number of benzene rings is 2. The number of nitrogens with zero attached hydrogens (tertiary/aromatic N) is 2. The highest BCUT2D eigenvalue weighted by Gasteiger charge is 2.34. The second kappa shape index (κ2) is 12.8. The molecule has 0 fully saturated rings. The monoisotopic (exact) mass is 581 g/mol. The van der Waals surface area contributed by atoms with Gasteiger partial charge in [0.1, 0.15) is 12.6 Å². The molecule has 0 heterocycles. The molecule has 1 unspecified atom stereocenters. The van der Waals surface area contributed by atoms with Crippen LogP contribution in [0.5, 0.6) is 0 Å². The normalized spacial score (nSPS) is 12.6. The lowest BCUT2D eigenvalue weighted by atomic mass is 10.1. The van der Waals surface area contributed by atoms with Gasteiger partial charge in [-0.3, -0.25) is 13.9 Å². The van der Waals surface area contributed by atoms with Gasteiger partial charge in [0.2, 0.25) is 21.8 Å². The number of anilines is 1. The molecule has 0 spiro atoms. The van der Waals surface area contributed by atoms with Gasteiger partial charge in [-0.2, -0.15) is 13.2 Å². The Balaban J connectivity index is 2.45. The molecule has 13 heteroatoms. The lowest BCUT2D eigenvalue weighted by Gasteiger charge is -2.32. The summed E-state index contributed by atoms with van der Waals surface area (Å²) in [5.41, 5.74) is -1.03. The Hall–Kier alpha value is -2.50. The van der Waals surface area contributed by atoms with Gasteiger partial charge in [-0.25, -0.2) is 8.42 Å². The van der Waals surface area contributed by atoms with E-state index in [1.165, 1.54) is 6.92 Å². The molecular formula is C24H28Cl2F3N3O4S. The van der Waals surface area contributed by atoms with Crippen molar-refractivity contribution >= 4 is 50.7 Å². The van der Waals surface area contributed by atoms with Crippen LogP contribution >= 0.6 is 23.2 Å². The van der Waals surface area contributed by atoms with Crippen LogP contribution < -0.4 is 9.62 Å². The maximum atomic E-state index is 13.5. The fourth-order valence-electron chi connectivity index (χ4n) is 3.38. The lowest BCUT2D eigenvalue weighted by Crippen LogP contribution is -2.51. The highest BCUT2D eigenvalue weighted by molar-refractivity contribution is 7.92. The van der Waals surface area contributed by atoms with Crippen LogP contribution in [0.2, 0.25) is 10.0 Å². The molecule has 0 aliphatic rings. The van der Waals surface area contributed by atoms with Crippen LogP contribution in [0.1, 0.15) is 37.8 Å². The number of halogens is 5. The molecule has 2 amide bonds. The van der Waals surface area contributed by atoms with E-state index in [2.05, 4.69) is 5.32 Å². The average Bonchev–Trinajstić information content (AvgIpc) is 2.80. The molecule has 37 heavy (non-hydrogen) atoms. The van der Waals surface area contributed by atoms with E-state index >= 15 is 0 Å². The minimum absolute atomic E-state index is 0.0771. The molecule has 2 rings (SSSR count). The molecule has 0 bridgehead atoms. The quantitative estimate of drug-likeness (QED) is 0.373. The maximum Gasteiger partial charge on any atom is 0.416 e. The smallest absolute Gasteiger partial charge is 0.354 e. The summed E-state index contributed by atoms with van der Waals surface area (Å²) < 4.78 is 65.6. The number of hydrogen-bond acceptors (Lipinski definition) is 4. The molecule has 0 radical (unpaired) electrons. The number of carbonyl (C=O) groups excluding carboxylic acids is 2. The van der Waals surface area contributed by atoms with Gasteiger partial charge in [-0.1, -0.05) is 48.7 Å². The van der Waals surface area contributed by atoms with Crippen molar-refractivity contribution in [2.75, 3.05) is 23.7 Å². The van der Waals surface area contributed by atoms with Crippen LogP contribution in [0, 0.1) is 0 Å². The fourth-order valence-corrected chi connectivity index (χ4v) is 4.63. The summed E-state index contributed by atoms with van der Waals surface area (Å²) in [6.45, 7) is 2.87. The third-order valence-corrected chi connectivity index (χ3v) is 7.18. The van der Waals surface area contributed by atoms with Gasteiger partial charge in [-0.05, 0) is 49.2 Å². The Bertz CT molecular complexity index is 1210. The van der Waals surface area contributed by atoms with Crippen molar-refractivity contribution in [3.8, 4) is 0 Å². The van der Waals surface area contributed by atoms with Crippen molar-refractivity contribution in [2.45, 2.75) is 45.5 Å². The van der Waals surface area contributed by atoms with E-state index in [1.807, 2.05) is 6.92 Å². The van der Waals surface area contributed by atoms with Crippen LogP contribution in [0.4, 0.5) is 18.9 Å². The van der Waals surface area contributed by atoms with Crippen molar-refractivity contribution in [3.63, 3.8) is 0 Å². The second-order valence-electron chi connectivity index (χ2n) is 8.40. The van der Waals surface area contributed by atoms with Crippen LogP contribution in [-0.2, 0) is 32.3 Å². The first-order chi connectivity index (χ1) is 17.1. The predicted octanol–water partition coefficient (Wildman–Crippen LogP) is 5.11. The van der Waals surface area contributed by atoms with Gasteiger partial charge < -0.3 is 10.2 Å². The number of sulfonamides is 1. The zero-order valence-electron chi connectivity index (χ0n) is 20.5. The highest BCUT2D eigenvalue weighted by Crippen LogP contribution is 2.36. The van der Waals surface area contributed by atoms with E-state index in [4.69, 9.17) is 23.2 Å². The highest BCUT2D eigenvalue weighted by atomic mass is 35.5. The topological polar surface area (TPSA) is 86.8 Å². The number of amides is 2. The van der Waals surface area contributed by atoms with Gasteiger partial charge >= 0.3 is 6.18 Å². The molecule has 2 aromatic rings. The zero-order chi connectivity index (χ0) is 28.0. The number of hydrogen-bond donors (Lipinski definition) is 1. The lowest BCUT2D eigenvalue weighted by molar-refractivity contribution is -0.139. The SMILES string of the molecule is CCCCNC(=O)C(C)N(Cc1ccc(Cl)cc1)C(=O)CN(c1cc(C(F)(F)F)ccc1Cl)S(C)(=O)=O. The van der Waals surface area contributed by atoms with E-state index in [-0.39, 0.29) is 11.6 Å². The van der Waals surface area contributed by atoms with E-state index in [9.17, 15) is 31.2 Å². The summed E-state index contributed by atoms with van der Waals surface area (Å²) in [6, 6.07) is 7.65. The Kier molecular flexibility index (Phi) is 10.7. The van der Waals surface area contributed by atoms with E-state index in [1.54, 1.807) is 24.3 Å². The molecular weight excluding hydrogens is 554 g/mol. The largest absolute Gasteiger partial charge is 0.416 e. The summed E-state index contributed by atoms with van der Waals surface area (Å²) in [5, 5.41) is 2.89. The van der Waals surface area contributed by atoms with Crippen molar-refractivity contribution in [3.05, 3.63) is 63.6 Å². The molecule has 7 nitrogen and oxygen atoms in total. The molecule has 1 atom stereocenters. The number of nitrogens with one attached hydrogen (secondary N) is 1.